The van der Waals surface area contributed by atoms with Gasteiger partial charge in [0.05, 0.1) is 0 Å². The van der Waals surface area contributed by atoms with E-state index in [4.69, 9.17) is 4.74 Å². The Hall–Kier alpha value is -0.0800. The highest BCUT2D eigenvalue weighted by Gasteiger charge is 2.10. The lowest BCUT2D eigenvalue weighted by atomic mass is 9.94. The Balaban J connectivity index is 3.63. The molecule has 0 radical (unpaired) electrons. The van der Waals surface area contributed by atoms with Gasteiger partial charge in [-0.15, -0.1) is 0 Å². The minimum atomic E-state index is 0.781. The van der Waals surface area contributed by atoms with Crippen molar-refractivity contribution in [3.05, 3.63) is 0 Å². The smallest absolute Gasteiger partial charge is 0.0469 e. The third kappa shape index (κ3) is 10.4. The lowest BCUT2D eigenvalue weighted by Gasteiger charge is -2.19. The second-order valence-corrected chi connectivity index (χ2v) is 5.10. The summed E-state index contributed by atoms with van der Waals surface area (Å²) in [4.78, 5) is 0. The lowest BCUT2D eigenvalue weighted by molar-refractivity contribution is 0.117. The molecule has 0 saturated carbocycles. The maximum Gasteiger partial charge on any atom is 0.0469 e. The molecule has 1 unspecified atom stereocenters. The monoisotopic (exact) mass is 229 g/mol. The summed E-state index contributed by atoms with van der Waals surface area (Å²) < 4.78 is 5.57. The number of hydrogen-bond acceptors (Lipinski definition) is 2. The summed E-state index contributed by atoms with van der Waals surface area (Å²) in [6.45, 7) is 13.1. The van der Waals surface area contributed by atoms with Crippen molar-refractivity contribution in [1.82, 2.24) is 5.32 Å². The molecule has 0 spiro atoms. The van der Waals surface area contributed by atoms with E-state index in [2.05, 4.69) is 33.0 Å². The highest BCUT2D eigenvalue weighted by Crippen LogP contribution is 2.14. The minimum Gasteiger partial charge on any atom is -0.381 e. The van der Waals surface area contributed by atoms with E-state index >= 15 is 0 Å². The van der Waals surface area contributed by atoms with Gasteiger partial charge in [-0.1, -0.05) is 27.7 Å². The van der Waals surface area contributed by atoms with Gasteiger partial charge in [-0.05, 0) is 50.6 Å². The van der Waals surface area contributed by atoms with E-state index in [1.807, 2.05) is 0 Å². The second-order valence-electron chi connectivity index (χ2n) is 5.10. The van der Waals surface area contributed by atoms with Crippen LogP contribution in [0, 0.1) is 11.8 Å². The van der Waals surface area contributed by atoms with Crippen molar-refractivity contribution in [2.75, 3.05) is 26.3 Å². The first-order valence-electron chi connectivity index (χ1n) is 6.99. The first-order valence-corrected chi connectivity index (χ1v) is 6.99. The van der Waals surface area contributed by atoms with Crippen molar-refractivity contribution >= 4 is 0 Å². The summed E-state index contributed by atoms with van der Waals surface area (Å²) in [6.07, 6.45) is 4.87. The molecule has 1 N–H and O–H groups in total. The van der Waals surface area contributed by atoms with Crippen LogP contribution in [0.5, 0.6) is 0 Å². The van der Waals surface area contributed by atoms with Crippen LogP contribution in [0.4, 0.5) is 0 Å². The molecule has 0 heterocycles. The molecule has 0 aliphatic rings. The Morgan fingerprint density at radius 2 is 1.81 bits per heavy atom. The molecule has 2 nitrogen and oxygen atoms in total. The average molecular weight is 229 g/mol. The van der Waals surface area contributed by atoms with Crippen molar-refractivity contribution in [1.29, 1.82) is 0 Å². The summed E-state index contributed by atoms with van der Waals surface area (Å²) in [5.74, 6) is 1.57. The molecule has 0 saturated heterocycles. The third-order valence-electron chi connectivity index (χ3n) is 2.68. The molecular weight excluding hydrogens is 198 g/mol. The van der Waals surface area contributed by atoms with E-state index in [9.17, 15) is 0 Å². The van der Waals surface area contributed by atoms with Gasteiger partial charge in [0.25, 0.3) is 0 Å². The van der Waals surface area contributed by atoms with Crippen LogP contribution in [0.2, 0.25) is 0 Å². The normalized spacial score (nSPS) is 13.3. The number of nitrogens with one attached hydrogen (secondary N) is 1. The van der Waals surface area contributed by atoms with E-state index in [0.717, 1.165) is 44.6 Å². The average Bonchev–Trinajstić information content (AvgIpc) is 2.23. The summed E-state index contributed by atoms with van der Waals surface area (Å²) in [5.41, 5.74) is 0. The zero-order chi connectivity index (χ0) is 12.2. The Bertz CT molecular complexity index is 137. The molecule has 98 valence electrons. The predicted molar refractivity (Wildman–Crippen MR) is 71.8 cm³/mol. The van der Waals surface area contributed by atoms with Gasteiger partial charge in [-0.2, -0.15) is 0 Å². The van der Waals surface area contributed by atoms with Crippen LogP contribution in [-0.4, -0.2) is 26.3 Å². The van der Waals surface area contributed by atoms with Crippen LogP contribution in [0.15, 0.2) is 0 Å². The first kappa shape index (κ1) is 15.9. The molecule has 1 atom stereocenters. The Kier molecular flexibility index (Phi) is 11.3. The van der Waals surface area contributed by atoms with Gasteiger partial charge >= 0.3 is 0 Å². The van der Waals surface area contributed by atoms with Crippen molar-refractivity contribution in [3.63, 3.8) is 0 Å². The molecule has 0 amide bonds. The maximum atomic E-state index is 5.57. The van der Waals surface area contributed by atoms with Crippen LogP contribution in [0.1, 0.15) is 53.4 Å². The zero-order valence-corrected chi connectivity index (χ0v) is 11.7. The van der Waals surface area contributed by atoms with Gasteiger partial charge in [0.1, 0.15) is 0 Å². The summed E-state index contributed by atoms with van der Waals surface area (Å²) in [7, 11) is 0. The van der Waals surface area contributed by atoms with Crippen LogP contribution in [0.3, 0.4) is 0 Å². The van der Waals surface area contributed by atoms with Crippen LogP contribution >= 0.6 is 0 Å². The van der Waals surface area contributed by atoms with Gasteiger partial charge in [-0.25, -0.2) is 0 Å². The molecule has 0 aliphatic carbocycles. The van der Waals surface area contributed by atoms with Gasteiger partial charge in [0.2, 0.25) is 0 Å². The van der Waals surface area contributed by atoms with E-state index in [1.165, 1.54) is 19.3 Å². The predicted octanol–water partition coefficient (Wildman–Crippen LogP) is 3.47. The van der Waals surface area contributed by atoms with Crippen molar-refractivity contribution in [3.8, 4) is 0 Å². The Labute approximate surface area is 102 Å². The lowest BCUT2D eigenvalue weighted by Crippen LogP contribution is -2.25. The summed E-state index contributed by atoms with van der Waals surface area (Å²) >= 11 is 0. The number of ether oxygens (including phenoxy) is 1. The Morgan fingerprint density at radius 1 is 1.06 bits per heavy atom. The fourth-order valence-electron chi connectivity index (χ4n) is 1.95. The SMILES string of the molecule is CCCNCC(CCOCCC)CC(C)C. The molecular formula is C14H31NO. The van der Waals surface area contributed by atoms with Crippen molar-refractivity contribution in [2.24, 2.45) is 11.8 Å². The van der Waals surface area contributed by atoms with Gasteiger partial charge in [0, 0.05) is 13.2 Å². The van der Waals surface area contributed by atoms with Crippen molar-refractivity contribution in [2.45, 2.75) is 53.4 Å². The van der Waals surface area contributed by atoms with Crippen molar-refractivity contribution < 1.29 is 4.74 Å². The van der Waals surface area contributed by atoms with E-state index < -0.39 is 0 Å². The molecule has 0 fully saturated rings. The van der Waals surface area contributed by atoms with Gasteiger partial charge in [-0.3, -0.25) is 0 Å². The first-order chi connectivity index (χ1) is 7.70. The van der Waals surface area contributed by atoms with Gasteiger partial charge < -0.3 is 10.1 Å². The van der Waals surface area contributed by atoms with E-state index in [0.29, 0.717) is 0 Å². The van der Waals surface area contributed by atoms with Crippen LogP contribution < -0.4 is 5.32 Å². The van der Waals surface area contributed by atoms with E-state index in [1.54, 1.807) is 0 Å². The molecule has 0 bridgehead atoms. The molecule has 0 rings (SSSR count). The highest BCUT2D eigenvalue weighted by molar-refractivity contribution is 4.64. The number of rotatable bonds is 11. The quantitative estimate of drug-likeness (QED) is 0.548. The fraction of sp³-hybridized carbons (Fsp3) is 1.00. The van der Waals surface area contributed by atoms with Gasteiger partial charge in [0.15, 0.2) is 0 Å². The zero-order valence-electron chi connectivity index (χ0n) is 11.7. The van der Waals surface area contributed by atoms with Crippen LogP contribution in [-0.2, 0) is 4.74 Å². The van der Waals surface area contributed by atoms with E-state index in [-0.39, 0.29) is 0 Å². The molecule has 0 aromatic carbocycles. The molecule has 0 aliphatic heterocycles. The largest absolute Gasteiger partial charge is 0.381 e. The Morgan fingerprint density at radius 3 is 2.38 bits per heavy atom. The topological polar surface area (TPSA) is 21.3 Å². The summed E-state index contributed by atoms with van der Waals surface area (Å²) in [6, 6.07) is 0. The fourth-order valence-corrected chi connectivity index (χ4v) is 1.95. The molecule has 0 aromatic heterocycles. The number of hydrogen-bond donors (Lipinski definition) is 1. The molecule has 16 heavy (non-hydrogen) atoms. The summed E-state index contributed by atoms with van der Waals surface area (Å²) in [5, 5.41) is 3.53. The maximum absolute atomic E-state index is 5.57. The second kappa shape index (κ2) is 11.4. The highest BCUT2D eigenvalue weighted by atomic mass is 16.5. The molecule has 0 aromatic rings. The third-order valence-corrected chi connectivity index (χ3v) is 2.68. The van der Waals surface area contributed by atoms with Crippen LogP contribution in [0.25, 0.3) is 0 Å². The molecule has 2 heteroatoms. The minimum absolute atomic E-state index is 0.781. The standard InChI is InChI=1S/C14H31NO/c1-5-8-15-12-14(11-13(3)4)7-10-16-9-6-2/h13-15H,5-12H2,1-4H3.